The fourth-order valence-corrected chi connectivity index (χ4v) is 4.37. The van der Waals surface area contributed by atoms with Crippen LogP contribution < -0.4 is 11.1 Å². The molecule has 35 heavy (non-hydrogen) atoms. The Labute approximate surface area is 203 Å². The van der Waals surface area contributed by atoms with Gasteiger partial charge < -0.3 is 16.0 Å². The second kappa shape index (κ2) is 8.50. The minimum absolute atomic E-state index is 0.0568. The van der Waals surface area contributed by atoms with Crippen molar-refractivity contribution in [3.8, 4) is 11.3 Å². The largest absolute Gasteiger partial charge is 0.383 e. The van der Waals surface area contributed by atoms with Crippen LogP contribution in [0.4, 0.5) is 11.6 Å². The summed E-state index contributed by atoms with van der Waals surface area (Å²) in [4.78, 5) is 35.8. The first-order valence-corrected chi connectivity index (χ1v) is 11.4. The van der Waals surface area contributed by atoms with E-state index >= 15 is 0 Å². The van der Waals surface area contributed by atoms with Crippen LogP contribution in [0.3, 0.4) is 0 Å². The van der Waals surface area contributed by atoms with Crippen LogP contribution in [0.2, 0.25) is 0 Å². The number of benzene rings is 1. The summed E-state index contributed by atoms with van der Waals surface area (Å²) in [5, 5.41) is 8.64. The normalized spacial score (nSPS) is 16.8. The van der Waals surface area contributed by atoms with E-state index in [0.717, 1.165) is 28.5 Å². The van der Waals surface area contributed by atoms with E-state index in [1.165, 1.54) is 4.90 Å². The number of anilines is 2. The Kier molecular flexibility index (Phi) is 5.47. The number of carbonyl (C=O) groups is 2. The highest BCUT2D eigenvalue weighted by Gasteiger charge is 2.44. The highest BCUT2D eigenvalue weighted by atomic mass is 16.2. The van der Waals surface area contributed by atoms with E-state index < -0.39 is 0 Å². The van der Waals surface area contributed by atoms with Crippen LogP contribution in [0.25, 0.3) is 22.0 Å². The first-order valence-electron chi connectivity index (χ1n) is 11.4. The Hall–Kier alpha value is -4.27. The van der Waals surface area contributed by atoms with Crippen LogP contribution in [-0.4, -0.2) is 50.6 Å². The third kappa shape index (κ3) is 4.32. The van der Waals surface area contributed by atoms with Crippen molar-refractivity contribution in [2.75, 3.05) is 25.1 Å². The summed E-state index contributed by atoms with van der Waals surface area (Å²) >= 11 is 0. The zero-order chi connectivity index (χ0) is 24.9. The molecule has 3 N–H and O–H groups in total. The zero-order valence-electron chi connectivity index (χ0n) is 20.1. The van der Waals surface area contributed by atoms with Crippen molar-refractivity contribution in [1.82, 2.24) is 24.6 Å². The van der Waals surface area contributed by atoms with Gasteiger partial charge in [-0.3, -0.25) is 14.3 Å². The Morgan fingerprint density at radius 2 is 1.97 bits per heavy atom. The van der Waals surface area contributed by atoms with E-state index in [4.69, 9.17) is 5.73 Å². The number of nitrogen functional groups attached to an aromatic ring is 1. The van der Waals surface area contributed by atoms with E-state index in [1.807, 2.05) is 44.6 Å². The lowest BCUT2D eigenvalue weighted by atomic mass is 10.00. The molecule has 2 atom stereocenters. The molecule has 1 saturated carbocycles. The fraction of sp³-hybridized carbons (Fsp3) is 0.269. The quantitative estimate of drug-likeness (QED) is 0.463. The van der Waals surface area contributed by atoms with E-state index in [9.17, 15) is 9.59 Å². The molecule has 0 saturated heterocycles. The van der Waals surface area contributed by atoms with Crippen LogP contribution in [0.5, 0.6) is 0 Å². The summed E-state index contributed by atoms with van der Waals surface area (Å²) in [6.07, 6.45) is 6.19. The first kappa shape index (κ1) is 22.5. The van der Waals surface area contributed by atoms with Gasteiger partial charge in [0.05, 0.1) is 11.9 Å². The smallest absolute Gasteiger partial charge is 0.253 e. The maximum absolute atomic E-state index is 12.8. The Balaban J connectivity index is 1.43. The predicted molar refractivity (Wildman–Crippen MR) is 135 cm³/mol. The Bertz CT molecular complexity index is 1470. The SMILES string of the molecule is Cc1ccc(C(=O)N(C)C)cc1-c1cc2cc(NC(=O)C3CC3c3cnn(C)c3)ncc2c(N)n1. The van der Waals surface area contributed by atoms with Gasteiger partial charge in [0.1, 0.15) is 11.6 Å². The number of fused-ring (bicyclic) bond motifs is 1. The molecule has 0 spiro atoms. The average Bonchev–Trinajstić information content (AvgIpc) is 3.52. The number of hydrogen-bond acceptors (Lipinski definition) is 6. The van der Waals surface area contributed by atoms with Crippen molar-refractivity contribution in [2.45, 2.75) is 19.3 Å². The molecule has 2 unspecified atom stereocenters. The summed E-state index contributed by atoms with van der Waals surface area (Å²) < 4.78 is 1.75. The van der Waals surface area contributed by atoms with Crippen LogP contribution >= 0.6 is 0 Å². The van der Waals surface area contributed by atoms with Crippen molar-refractivity contribution >= 4 is 34.2 Å². The van der Waals surface area contributed by atoms with E-state index in [2.05, 4.69) is 20.4 Å². The average molecular weight is 470 g/mol. The highest BCUT2D eigenvalue weighted by Crippen LogP contribution is 2.47. The molecule has 0 bridgehead atoms. The molecule has 0 aliphatic heterocycles. The minimum Gasteiger partial charge on any atom is -0.383 e. The van der Waals surface area contributed by atoms with Crippen molar-refractivity contribution in [3.05, 3.63) is 65.6 Å². The number of nitrogens with one attached hydrogen (secondary N) is 1. The first-order chi connectivity index (χ1) is 16.7. The van der Waals surface area contributed by atoms with E-state index in [-0.39, 0.29) is 23.7 Å². The van der Waals surface area contributed by atoms with Crippen LogP contribution in [0.1, 0.15) is 33.8 Å². The maximum atomic E-state index is 12.8. The van der Waals surface area contributed by atoms with Gasteiger partial charge >= 0.3 is 0 Å². The van der Waals surface area contributed by atoms with Gasteiger partial charge in [0.2, 0.25) is 5.91 Å². The second-order valence-corrected chi connectivity index (χ2v) is 9.30. The van der Waals surface area contributed by atoms with Gasteiger partial charge in [0.15, 0.2) is 0 Å². The monoisotopic (exact) mass is 469 g/mol. The Morgan fingerprint density at radius 1 is 1.17 bits per heavy atom. The lowest BCUT2D eigenvalue weighted by Gasteiger charge is -2.14. The molecule has 1 aromatic carbocycles. The molecule has 9 heteroatoms. The highest BCUT2D eigenvalue weighted by molar-refractivity contribution is 5.99. The summed E-state index contributed by atoms with van der Waals surface area (Å²) in [7, 11) is 5.31. The van der Waals surface area contributed by atoms with Gasteiger partial charge in [-0.05, 0) is 60.0 Å². The molecule has 1 aliphatic rings. The third-order valence-corrected chi connectivity index (χ3v) is 6.44. The summed E-state index contributed by atoms with van der Waals surface area (Å²) in [5.74, 6) is 0.761. The number of amides is 2. The molecule has 1 aliphatic carbocycles. The molecular weight excluding hydrogens is 442 g/mol. The molecule has 0 radical (unpaired) electrons. The molecule has 2 amide bonds. The van der Waals surface area contributed by atoms with Crippen molar-refractivity contribution in [2.24, 2.45) is 13.0 Å². The fourth-order valence-electron chi connectivity index (χ4n) is 4.37. The lowest BCUT2D eigenvalue weighted by Crippen LogP contribution is -2.21. The van der Waals surface area contributed by atoms with E-state index in [0.29, 0.717) is 28.3 Å². The number of nitrogens with two attached hydrogens (primary N) is 1. The molecule has 3 aromatic heterocycles. The van der Waals surface area contributed by atoms with Crippen molar-refractivity contribution in [3.63, 3.8) is 0 Å². The van der Waals surface area contributed by atoms with Crippen LogP contribution in [0.15, 0.2) is 48.9 Å². The third-order valence-electron chi connectivity index (χ3n) is 6.44. The van der Waals surface area contributed by atoms with Gasteiger partial charge in [-0.15, -0.1) is 0 Å². The van der Waals surface area contributed by atoms with Crippen molar-refractivity contribution < 1.29 is 9.59 Å². The van der Waals surface area contributed by atoms with Gasteiger partial charge in [-0.2, -0.15) is 5.10 Å². The number of hydrogen-bond donors (Lipinski definition) is 2. The molecule has 5 rings (SSSR count). The molecule has 178 valence electrons. The lowest BCUT2D eigenvalue weighted by molar-refractivity contribution is -0.117. The van der Waals surface area contributed by atoms with E-state index in [1.54, 1.807) is 37.1 Å². The van der Waals surface area contributed by atoms with Gasteiger partial charge in [0.25, 0.3) is 5.91 Å². The summed E-state index contributed by atoms with van der Waals surface area (Å²) in [6, 6.07) is 9.26. The molecular formula is C26H27N7O2. The van der Waals surface area contributed by atoms with Crippen LogP contribution in [-0.2, 0) is 11.8 Å². The topological polar surface area (TPSA) is 119 Å². The predicted octanol–water partition coefficient (Wildman–Crippen LogP) is 3.36. The number of carbonyl (C=O) groups excluding carboxylic acids is 2. The molecule has 3 heterocycles. The number of rotatable bonds is 5. The van der Waals surface area contributed by atoms with Crippen LogP contribution in [0, 0.1) is 12.8 Å². The zero-order valence-corrected chi connectivity index (χ0v) is 20.1. The second-order valence-electron chi connectivity index (χ2n) is 9.30. The number of aryl methyl sites for hydroxylation is 2. The molecule has 9 nitrogen and oxygen atoms in total. The standard InChI is InChI=1S/C26H27N7O2/c1-14-5-6-15(26(35)32(2)3)7-18(14)22-8-16-9-23(28-12-21(16)24(27)30-22)31-25(34)20-10-19(20)17-11-29-33(4)13-17/h5-9,11-13,19-20H,10H2,1-4H3,(H2,27,30)(H,28,31,34). The van der Waals surface area contributed by atoms with Gasteiger partial charge in [-0.1, -0.05) is 6.07 Å². The number of nitrogens with zero attached hydrogens (tertiary/aromatic N) is 5. The molecule has 4 aromatic rings. The molecule has 1 fully saturated rings. The maximum Gasteiger partial charge on any atom is 0.253 e. The summed E-state index contributed by atoms with van der Waals surface area (Å²) in [6.45, 7) is 1.97. The van der Waals surface area contributed by atoms with Gasteiger partial charge in [-0.25, -0.2) is 9.97 Å². The number of aromatic nitrogens is 4. The minimum atomic E-state index is -0.0885. The Morgan fingerprint density at radius 3 is 2.69 bits per heavy atom. The number of pyridine rings is 2. The van der Waals surface area contributed by atoms with Crippen molar-refractivity contribution in [1.29, 1.82) is 0 Å². The van der Waals surface area contributed by atoms with Gasteiger partial charge in [0, 0.05) is 56.0 Å². The summed E-state index contributed by atoms with van der Waals surface area (Å²) in [5.41, 5.74) is 10.4.